The second-order valence-electron chi connectivity index (χ2n) is 7.77. The Kier molecular flexibility index (Phi) is 6.63. The zero-order valence-electron chi connectivity index (χ0n) is 19.1. The molecule has 1 aliphatic rings. The lowest BCUT2D eigenvalue weighted by atomic mass is 10.0. The monoisotopic (exact) mass is 448 g/mol. The van der Waals surface area contributed by atoms with Crippen LogP contribution in [0.5, 0.6) is 5.75 Å². The predicted molar refractivity (Wildman–Crippen MR) is 125 cm³/mol. The third kappa shape index (κ3) is 4.69. The van der Waals surface area contributed by atoms with E-state index in [4.69, 9.17) is 9.47 Å². The normalized spacial score (nSPS) is 12.8. The molecule has 0 bridgehead atoms. The SMILES string of the molecule is CCOC(=O)c1nn(-c2ccc(C)cc2)c2c1CN(C(=O)Nc1ccccc1OCC)CC2. The summed E-state index contributed by atoms with van der Waals surface area (Å²) in [5.74, 6) is 0.133. The Hall–Kier alpha value is -3.81. The van der Waals surface area contributed by atoms with Crippen LogP contribution in [-0.2, 0) is 17.7 Å². The Morgan fingerprint density at radius 3 is 2.55 bits per heavy atom. The second kappa shape index (κ2) is 9.77. The molecular formula is C25H28N4O4. The van der Waals surface area contributed by atoms with Crippen LogP contribution in [-0.4, -0.2) is 46.4 Å². The molecule has 8 nitrogen and oxygen atoms in total. The number of carbonyl (C=O) groups is 2. The Morgan fingerprint density at radius 2 is 1.82 bits per heavy atom. The molecule has 33 heavy (non-hydrogen) atoms. The molecular weight excluding hydrogens is 420 g/mol. The van der Waals surface area contributed by atoms with Crippen molar-refractivity contribution in [3.8, 4) is 11.4 Å². The fraction of sp³-hybridized carbons (Fsp3) is 0.320. The largest absolute Gasteiger partial charge is 0.492 e. The van der Waals surface area contributed by atoms with Crippen molar-refractivity contribution in [2.75, 3.05) is 25.1 Å². The molecule has 0 aliphatic carbocycles. The number of aromatic nitrogens is 2. The lowest BCUT2D eigenvalue weighted by Crippen LogP contribution is -2.39. The number of rotatable bonds is 6. The number of hydrogen-bond acceptors (Lipinski definition) is 5. The van der Waals surface area contributed by atoms with E-state index in [0.29, 0.717) is 36.6 Å². The van der Waals surface area contributed by atoms with Crippen LogP contribution in [0.1, 0.15) is 41.2 Å². The van der Waals surface area contributed by atoms with E-state index in [0.717, 1.165) is 16.9 Å². The first-order valence-electron chi connectivity index (χ1n) is 11.1. The van der Waals surface area contributed by atoms with Crippen LogP contribution in [0.25, 0.3) is 5.69 Å². The molecule has 0 fully saturated rings. The van der Waals surface area contributed by atoms with Gasteiger partial charge in [0.25, 0.3) is 0 Å². The van der Waals surface area contributed by atoms with Crippen LogP contribution in [0, 0.1) is 6.92 Å². The van der Waals surface area contributed by atoms with Crippen molar-refractivity contribution < 1.29 is 19.1 Å². The first-order valence-corrected chi connectivity index (χ1v) is 11.1. The summed E-state index contributed by atoms with van der Waals surface area (Å²) >= 11 is 0. The molecule has 1 N–H and O–H groups in total. The van der Waals surface area contributed by atoms with Gasteiger partial charge in [-0.1, -0.05) is 29.8 Å². The van der Waals surface area contributed by atoms with Crippen molar-refractivity contribution in [2.45, 2.75) is 33.7 Å². The minimum absolute atomic E-state index is 0.250. The summed E-state index contributed by atoms with van der Waals surface area (Å²) in [5, 5.41) is 7.52. The van der Waals surface area contributed by atoms with Crippen LogP contribution in [0.3, 0.4) is 0 Å². The number of aryl methyl sites for hydroxylation is 1. The van der Waals surface area contributed by atoms with Gasteiger partial charge in [0.1, 0.15) is 5.75 Å². The quantitative estimate of drug-likeness (QED) is 0.567. The standard InChI is InChI=1S/C25H28N4O4/c1-4-32-22-9-7-6-8-20(22)26-25(31)28-15-14-21-19(16-28)23(24(30)33-5-2)27-29(21)18-12-10-17(3)11-13-18/h6-13H,4-5,14-16H2,1-3H3,(H,26,31). The number of para-hydroxylation sites is 2. The van der Waals surface area contributed by atoms with Crippen molar-refractivity contribution in [3.05, 3.63) is 71.0 Å². The number of hydrogen-bond donors (Lipinski definition) is 1. The molecule has 1 aromatic heterocycles. The Morgan fingerprint density at radius 1 is 1.06 bits per heavy atom. The van der Waals surface area contributed by atoms with E-state index in [1.54, 1.807) is 22.6 Å². The van der Waals surface area contributed by atoms with Gasteiger partial charge < -0.3 is 19.7 Å². The summed E-state index contributed by atoms with van der Waals surface area (Å²) in [6, 6.07) is 15.0. The number of urea groups is 1. The molecule has 8 heteroatoms. The molecule has 0 saturated carbocycles. The maximum atomic E-state index is 13.1. The first kappa shape index (κ1) is 22.4. The number of anilines is 1. The lowest BCUT2D eigenvalue weighted by Gasteiger charge is -2.28. The van der Waals surface area contributed by atoms with E-state index in [2.05, 4.69) is 10.4 Å². The third-order valence-corrected chi connectivity index (χ3v) is 5.52. The highest BCUT2D eigenvalue weighted by molar-refractivity contribution is 5.92. The Bertz CT molecular complexity index is 1150. The average molecular weight is 449 g/mol. The van der Waals surface area contributed by atoms with Gasteiger partial charge in [0.15, 0.2) is 5.69 Å². The van der Waals surface area contributed by atoms with Gasteiger partial charge >= 0.3 is 12.0 Å². The van der Waals surface area contributed by atoms with Crippen LogP contribution < -0.4 is 10.1 Å². The van der Waals surface area contributed by atoms with Crippen molar-refractivity contribution in [3.63, 3.8) is 0 Å². The van der Waals surface area contributed by atoms with Crippen molar-refractivity contribution in [1.82, 2.24) is 14.7 Å². The molecule has 0 atom stereocenters. The number of benzene rings is 2. The number of amides is 2. The maximum absolute atomic E-state index is 13.1. The zero-order valence-corrected chi connectivity index (χ0v) is 19.1. The predicted octanol–water partition coefficient (Wildman–Crippen LogP) is 4.35. The van der Waals surface area contributed by atoms with Crippen molar-refractivity contribution in [2.24, 2.45) is 0 Å². The zero-order chi connectivity index (χ0) is 23.4. The summed E-state index contributed by atoms with van der Waals surface area (Å²) in [6.45, 7) is 7.19. The van der Waals surface area contributed by atoms with Gasteiger partial charge in [-0.05, 0) is 45.0 Å². The summed E-state index contributed by atoms with van der Waals surface area (Å²) in [6.07, 6.45) is 0.566. The molecule has 0 unspecified atom stereocenters. The summed E-state index contributed by atoms with van der Waals surface area (Å²) in [7, 11) is 0. The molecule has 2 amide bonds. The number of esters is 1. The molecule has 0 spiro atoms. The van der Waals surface area contributed by atoms with Gasteiger partial charge in [-0.25, -0.2) is 14.3 Å². The van der Waals surface area contributed by atoms with Gasteiger partial charge in [0.2, 0.25) is 0 Å². The van der Waals surface area contributed by atoms with Gasteiger partial charge in [-0.15, -0.1) is 0 Å². The summed E-state index contributed by atoms with van der Waals surface area (Å²) in [5.41, 5.74) is 4.50. The van der Waals surface area contributed by atoms with Gasteiger partial charge in [-0.3, -0.25) is 0 Å². The number of nitrogens with one attached hydrogen (secondary N) is 1. The van der Waals surface area contributed by atoms with E-state index in [1.807, 2.05) is 56.3 Å². The second-order valence-corrected chi connectivity index (χ2v) is 7.77. The van der Waals surface area contributed by atoms with Crippen LogP contribution >= 0.6 is 0 Å². The molecule has 0 radical (unpaired) electrons. The molecule has 1 aliphatic heterocycles. The van der Waals surface area contributed by atoms with Gasteiger partial charge in [-0.2, -0.15) is 5.10 Å². The average Bonchev–Trinajstić information content (AvgIpc) is 3.20. The van der Waals surface area contributed by atoms with Gasteiger partial charge in [0.05, 0.1) is 36.8 Å². The minimum Gasteiger partial charge on any atom is -0.492 e. The molecule has 2 aromatic carbocycles. The fourth-order valence-corrected chi connectivity index (χ4v) is 3.90. The number of fused-ring (bicyclic) bond motifs is 1. The lowest BCUT2D eigenvalue weighted by molar-refractivity contribution is 0.0516. The van der Waals surface area contributed by atoms with Gasteiger partial charge in [0, 0.05) is 18.5 Å². The fourth-order valence-electron chi connectivity index (χ4n) is 3.90. The highest BCUT2D eigenvalue weighted by Crippen LogP contribution is 2.28. The number of ether oxygens (including phenoxy) is 2. The smallest absolute Gasteiger partial charge is 0.359 e. The first-order chi connectivity index (χ1) is 16.0. The third-order valence-electron chi connectivity index (χ3n) is 5.52. The molecule has 172 valence electrons. The van der Waals surface area contributed by atoms with Crippen molar-refractivity contribution in [1.29, 1.82) is 0 Å². The molecule has 2 heterocycles. The molecule has 3 aromatic rings. The highest BCUT2D eigenvalue weighted by Gasteiger charge is 2.31. The topological polar surface area (TPSA) is 85.7 Å². The molecule has 0 saturated heterocycles. The van der Waals surface area contributed by atoms with E-state index in [-0.39, 0.29) is 24.9 Å². The van der Waals surface area contributed by atoms with E-state index >= 15 is 0 Å². The number of carbonyl (C=O) groups excluding carboxylic acids is 2. The maximum Gasteiger partial charge on any atom is 0.359 e. The Balaban J connectivity index is 1.62. The molecule has 4 rings (SSSR count). The van der Waals surface area contributed by atoms with Crippen LogP contribution in [0.2, 0.25) is 0 Å². The van der Waals surface area contributed by atoms with Crippen LogP contribution in [0.15, 0.2) is 48.5 Å². The van der Waals surface area contributed by atoms with Crippen LogP contribution in [0.4, 0.5) is 10.5 Å². The van der Waals surface area contributed by atoms with Crippen molar-refractivity contribution >= 4 is 17.7 Å². The number of nitrogens with zero attached hydrogens (tertiary/aromatic N) is 3. The highest BCUT2D eigenvalue weighted by atomic mass is 16.5. The van der Waals surface area contributed by atoms with E-state index < -0.39 is 5.97 Å². The van der Waals surface area contributed by atoms with E-state index in [1.165, 1.54) is 0 Å². The summed E-state index contributed by atoms with van der Waals surface area (Å²) < 4.78 is 12.7. The minimum atomic E-state index is -0.483. The van der Waals surface area contributed by atoms with E-state index in [9.17, 15) is 9.59 Å². The summed E-state index contributed by atoms with van der Waals surface area (Å²) in [4.78, 5) is 27.4. The Labute approximate surface area is 193 Å².